The number of aryl methyl sites for hydroxylation is 1. The summed E-state index contributed by atoms with van der Waals surface area (Å²) in [5.41, 5.74) is -0.974. The van der Waals surface area contributed by atoms with Crippen LogP contribution in [0.1, 0.15) is 28.7 Å². The van der Waals surface area contributed by atoms with E-state index in [2.05, 4.69) is 15.3 Å². The standard InChI is InChI=1S/C13H15N5O6/c1-6-3-18(13(23)14-11(6)20)10-2-8(19)9(24-10)5-17-4-7(12(21)22)15-16-17/h3-4,8-10,19H,2,5H2,1H3,(H,21,22)(H,14,20,23)/t8-,9+,10+/m0/s1. The maximum atomic E-state index is 11.9. The van der Waals surface area contributed by atoms with Gasteiger partial charge in [-0.15, -0.1) is 5.10 Å². The third kappa shape index (κ3) is 2.98. The zero-order chi connectivity index (χ0) is 17.4. The lowest BCUT2D eigenvalue weighted by atomic mass is 10.2. The molecule has 1 saturated heterocycles. The summed E-state index contributed by atoms with van der Waals surface area (Å²) in [6.07, 6.45) is 0.428. The summed E-state index contributed by atoms with van der Waals surface area (Å²) in [5, 5.41) is 26.1. The molecule has 3 heterocycles. The van der Waals surface area contributed by atoms with Gasteiger partial charge in [-0.1, -0.05) is 5.21 Å². The lowest BCUT2D eigenvalue weighted by Gasteiger charge is -2.16. The number of ether oxygens (including phenoxy) is 1. The molecule has 3 atom stereocenters. The molecular formula is C13H15N5O6. The van der Waals surface area contributed by atoms with E-state index in [1.807, 2.05) is 0 Å². The number of nitrogens with one attached hydrogen (secondary N) is 1. The molecule has 11 heteroatoms. The molecule has 0 amide bonds. The van der Waals surface area contributed by atoms with Crippen LogP contribution < -0.4 is 11.2 Å². The molecule has 0 aromatic carbocycles. The van der Waals surface area contributed by atoms with Crippen LogP contribution in [0.2, 0.25) is 0 Å². The number of aliphatic hydroxyl groups is 1. The highest BCUT2D eigenvalue weighted by Crippen LogP contribution is 2.28. The lowest BCUT2D eigenvalue weighted by Crippen LogP contribution is -2.33. The van der Waals surface area contributed by atoms with Gasteiger partial charge >= 0.3 is 11.7 Å². The van der Waals surface area contributed by atoms with Gasteiger partial charge in [-0.2, -0.15) is 0 Å². The normalized spacial score (nSPS) is 23.5. The predicted molar refractivity (Wildman–Crippen MR) is 77.6 cm³/mol. The first-order valence-corrected chi connectivity index (χ1v) is 7.14. The topological polar surface area (TPSA) is 152 Å². The van der Waals surface area contributed by atoms with E-state index in [1.165, 1.54) is 21.6 Å². The van der Waals surface area contributed by atoms with E-state index < -0.39 is 35.7 Å². The number of rotatable bonds is 4. The minimum Gasteiger partial charge on any atom is -0.476 e. The molecule has 128 valence electrons. The zero-order valence-electron chi connectivity index (χ0n) is 12.6. The molecule has 2 aromatic rings. The third-order valence-corrected chi connectivity index (χ3v) is 3.79. The minimum absolute atomic E-state index is 0.0784. The fourth-order valence-electron chi connectivity index (χ4n) is 2.52. The summed E-state index contributed by atoms with van der Waals surface area (Å²) in [7, 11) is 0. The molecule has 0 aliphatic carbocycles. The number of aromatic nitrogens is 5. The molecule has 11 nitrogen and oxygen atoms in total. The van der Waals surface area contributed by atoms with E-state index in [1.54, 1.807) is 6.92 Å². The van der Waals surface area contributed by atoms with E-state index in [0.717, 1.165) is 0 Å². The number of carbonyl (C=O) groups is 1. The molecule has 1 aliphatic rings. The average Bonchev–Trinajstić information content (AvgIpc) is 3.11. The molecule has 0 bridgehead atoms. The van der Waals surface area contributed by atoms with Crippen LogP contribution in [-0.4, -0.2) is 52.9 Å². The van der Waals surface area contributed by atoms with Crippen molar-refractivity contribution in [3.05, 3.63) is 44.5 Å². The highest BCUT2D eigenvalue weighted by atomic mass is 16.5. The van der Waals surface area contributed by atoms with Crippen LogP contribution in [0.5, 0.6) is 0 Å². The molecule has 0 spiro atoms. The summed E-state index contributed by atoms with van der Waals surface area (Å²) in [6, 6.07) is 0. The van der Waals surface area contributed by atoms with Gasteiger partial charge in [0.1, 0.15) is 12.3 Å². The highest BCUT2D eigenvalue weighted by Gasteiger charge is 2.36. The second-order valence-electron chi connectivity index (χ2n) is 5.54. The Morgan fingerprint density at radius 1 is 1.46 bits per heavy atom. The Balaban J connectivity index is 1.77. The van der Waals surface area contributed by atoms with Crippen molar-refractivity contribution in [2.75, 3.05) is 0 Å². The maximum Gasteiger partial charge on any atom is 0.358 e. The zero-order valence-corrected chi connectivity index (χ0v) is 12.6. The van der Waals surface area contributed by atoms with Crippen LogP contribution in [0.25, 0.3) is 0 Å². The Bertz CT molecular complexity index is 883. The van der Waals surface area contributed by atoms with Crippen molar-refractivity contribution in [2.24, 2.45) is 0 Å². The second kappa shape index (κ2) is 6.02. The lowest BCUT2D eigenvalue weighted by molar-refractivity contribution is -0.0302. The minimum atomic E-state index is -1.21. The van der Waals surface area contributed by atoms with Crippen LogP contribution in [0.3, 0.4) is 0 Å². The van der Waals surface area contributed by atoms with E-state index in [0.29, 0.717) is 5.56 Å². The Hall–Kier alpha value is -2.79. The van der Waals surface area contributed by atoms with E-state index >= 15 is 0 Å². The first-order chi connectivity index (χ1) is 11.3. The summed E-state index contributed by atoms with van der Waals surface area (Å²) in [5.74, 6) is -1.21. The van der Waals surface area contributed by atoms with Gasteiger partial charge in [0.15, 0.2) is 5.69 Å². The highest BCUT2D eigenvalue weighted by molar-refractivity contribution is 5.84. The molecule has 1 fully saturated rings. The smallest absolute Gasteiger partial charge is 0.358 e. The largest absolute Gasteiger partial charge is 0.476 e. The summed E-state index contributed by atoms with van der Waals surface area (Å²) in [6.45, 7) is 1.63. The van der Waals surface area contributed by atoms with Gasteiger partial charge in [0.25, 0.3) is 5.56 Å². The van der Waals surface area contributed by atoms with Crippen molar-refractivity contribution in [3.63, 3.8) is 0 Å². The molecule has 3 N–H and O–H groups in total. The number of H-pyrrole nitrogens is 1. The molecule has 2 aromatic heterocycles. The van der Waals surface area contributed by atoms with Gasteiger partial charge in [0.2, 0.25) is 0 Å². The molecule has 24 heavy (non-hydrogen) atoms. The average molecular weight is 337 g/mol. The summed E-state index contributed by atoms with van der Waals surface area (Å²) >= 11 is 0. The van der Waals surface area contributed by atoms with E-state index in [4.69, 9.17) is 9.84 Å². The van der Waals surface area contributed by atoms with Gasteiger partial charge in [-0.05, 0) is 6.92 Å². The Labute approximate surface area is 134 Å². The van der Waals surface area contributed by atoms with E-state index in [9.17, 15) is 19.5 Å². The molecule has 0 radical (unpaired) electrons. The maximum absolute atomic E-state index is 11.9. The number of nitrogens with zero attached hydrogens (tertiary/aromatic N) is 4. The summed E-state index contributed by atoms with van der Waals surface area (Å²) in [4.78, 5) is 36.3. The first-order valence-electron chi connectivity index (χ1n) is 7.14. The number of aromatic carboxylic acids is 1. The van der Waals surface area contributed by atoms with Crippen molar-refractivity contribution in [3.8, 4) is 0 Å². The SMILES string of the molecule is Cc1cn([C@H]2C[C@H](O)[C@@H](Cn3cc(C(=O)O)nn3)O2)c(=O)[nH]c1=O. The Morgan fingerprint density at radius 2 is 2.21 bits per heavy atom. The molecule has 1 aliphatic heterocycles. The summed E-state index contributed by atoms with van der Waals surface area (Å²) < 4.78 is 8.13. The van der Waals surface area contributed by atoms with Gasteiger partial charge in [-0.25, -0.2) is 14.3 Å². The second-order valence-corrected chi connectivity index (χ2v) is 5.54. The van der Waals surface area contributed by atoms with Crippen LogP contribution >= 0.6 is 0 Å². The van der Waals surface area contributed by atoms with Crippen molar-refractivity contribution in [1.29, 1.82) is 0 Å². The number of hydrogen-bond donors (Lipinski definition) is 3. The number of hydrogen-bond acceptors (Lipinski definition) is 7. The number of aliphatic hydroxyl groups excluding tert-OH is 1. The number of carboxylic acid groups (broad SMARTS) is 1. The first kappa shape index (κ1) is 16.1. The van der Waals surface area contributed by atoms with Crippen LogP contribution in [0.4, 0.5) is 0 Å². The van der Waals surface area contributed by atoms with Crippen LogP contribution in [0.15, 0.2) is 22.0 Å². The Kier molecular flexibility index (Phi) is 4.03. The van der Waals surface area contributed by atoms with Crippen molar-refractivity contribution < 1.29 is 19.7 Å². The van der Waals surface area contributed by atoms with Gasteiger partial charge in [0, 0.05) is 18.2 Å². The fraction of sp³-hybridized carbons (Fsp3) is 0.462. The number of aromatic amines is 1. The van der Waals surface area contributed by atoms with Gasteiger partial charge in [0.05, 0.1) is 18.8 Å². The van der Waals surface area contributed by atoms with Crippen LogP contribution in [0, 0.1) is 6.92 Å². The monoisotopic (exact) mass is 337 g/mol. The van der Waals surface area contributed by atoms with Crippen molar-refractivity contribution in [1.82, 2.24) is 24.5 Å². The predicted octanol–water partition coefficient (Wildman–Crippen LogP) is -1.52. The third-order valence-electron chi connectivity index (χ3n) is 3.79. The molecule has 3 rings (SSSR count). The van der Waals surface area contributed by atoms with Crippen molar-refractivity contribution in [2.45, 2.75) is 38.3 Å². The van der Waals surface area contributed by atoms with Gasteiger partial charge in [-0.3, -0.25) is 14.3 Å². The fourth-order valence-corrected chi connectivity index (χ4v) is 2.52. The Morgan fingerprint density at radius 3 is 2.88 bits per heavy atom. The molecule has 0 saturated carbocycles. The molecular weight excluding hydrogens is 322 g/mol. The molecule has 0 unspecified atom stereocenters. The quantitative estimate of drug-likeness (QED) is 0.608. The van der Waals surface area contributed by atoms with Crippen LogP contribution in [-0.2, 0) is 11.3 Å². The number of carboxylic acids is 1. The van der Waals surface area contributed by atoms with Gasteiger partial charge < -0.3 is 14.9 Å². The van der Waals surface area contributed by atoms with E-state index in [-0.39, 0.29) is 18.7 Å². The van der Waals surface area contributed by atoms with Crippen molar-refractivity contribution >= 4 is 5.97 Å².